The number of likely N-dealkylation sites (tertiary alicyclic amines) is 1. The van der Waals surface area contributed by atoms with Crippen LogP contribution in [0, 0.1) is 5.92 Å². The summed E-state index contributed by atoms with van der Waals surface area (Å²) in [7, 11) is 0. The Morgan fingerprint density at radius 2 is 1.71 bits per heavy atom. The molecule has 0 aliphatic carbocycles. The van der Waals surface area contributed by atoms with E-state index in [2.05, 4.69) is 49.3 Å². The summed E-state index contributed by atoms with van der Waals surface area (Å²) in [6.07, 6.45) is 3.79. The number of rotatable bonds is 4. The summed E-state index contributed by atoms with van der Waals surface area (Å²) in [5, 5.41) is 0. The lowest BCUT2D eigenvalue weighted by Gasteiger charge is -2.48. The minimum absolute atomic E-state index is 0.272. The van der Waals surface area contributed by atoms with Gasteiger partial charge >= 0.3 is 0 Å². The fourth-order valence-electron chi connectivity index (χ4n) is 3.81. The van der Waals surface area contributed by atoms with Crippen molar-refractivity contribution in [2.24, 2.45) is 11.7 Å². The molecule has 0 atom stereocenters. The van der Waals surface area contributed by atoms with Crippen molar-refractivity contribution in [3.05, 3.63) is 0 Å². The third-order valence-electron chi connectivity index (χ3n) is 5.30. The van der Waals surface area contributed by atoms with Gasteiger partial charge in [0, 0.05) is 42.2 Å². The second-order valence-electron chi connectivity index (χ2n) is 7.97. The summed E-state index contributed by atoms with van der Waals surface area (Å²) in [5.74, 6) is 2.02. The van der Waals surface area contributed by atoms with Gasteiger partial charge in [-0.3, -0.25) is 4.90 Å². The zero-order valence-corrected chi connectivity index (χ0v) is 15.3. The van der Waals surface area contributed by atoms with E-state index in [-0.39, 0.29) is 5.54 Å². The van der Waals surface area contributed by atoms with Crippen molar-refractivity contribution in [1.82, 2.24) is 9.80 Å². The molecular weight excluding hydrogens is 278 g/mol. The number of hydrogen-bond acceptors (Lipinski definition) is 4. The highest BCUT2D eigenvalue weighted by Gasteiger charge is 2.40. The third-order valence-corrected chi connectivity index (χ3v) is 6.67. The van der Waals surface area contributed by atoms with E-state index in [0.29, 0.717) is 4.75 Å². The highest BCUT2D eigenvalue weighted by Crippen LogP contribution is 2.36. The molecule has 2 aliphatic heterocycles. The molecule has 0 radical (unpaired) electrons. The summed E-state index contributed by atoms with van der Waals surface area (Å²) in [4.78, 5) is 5.37. The molecule has 2 rings (SSSR count). The van der Waals surface area contributed by atoms with E-state index in [1.54, 1.807) is 0 Å². The Bertz CT molecular complexity index is 322. The summed E-state index contributed by atoms with van der Waals surface area (Å²) < 4.78 is 0.433. The standard InChI is InChI=1S/C17H35N3S/c1-15(2)13-19-8-6-17(14-18,7-9-19)20-10-5-16(3,4)21-12-11-20/h15H,5-14,18H2,1-4H3. The van der Waals surface area contributed by atoms with Crippen LogP contribution >= 0.6 is 11.8 Å². The SMILES string of the molecule is CC(C)CN1CCC(CN)(N2CCSC(C)(C)CC2)CC1. The van der Waals surface area contributed by atoms with Crippen molar-refractivity contribution in [2.75, 3.05) is 45.0 Å². The Kier molecular flexibility index (Phi) is 6.03. The van der Waals surface area contributed by atoms with Crippen LogP contribution in [0.4, 0.5) is 0 Å². The first-order valence-corrected chi connectivity index (χ1v) is 9.67. The van der Waals surface area contributed by atoms with Crippen LogP contribution in [0.15, 0.2) is 0 Å². The summed E-state index contributed by atoms with van der Waals surface area (Å²) in [6, 6.07) is 0. The molecular formula is C17H35N3S. The molecule has 0 bridgehead atoms. The molecule has 2 fully saturated rings. The van der Waals surface area contributed by atoms with Crippen molar-refractivity contribution >= 4 is 11.8 Å². The fourth-order valence-corrected chi connectivity index (χ4v) is 4.91. The summed E-state index contributed by atoms with van der Waals surface area (Å²) in [5.41, 5.74) is 6.54. The first-order valence-electron chi connectivity index (χ1n) is 8.68. The number of hydrogen-bond donors (Lipinski definition) is 1. The van der Waals surface area contributed by atoms with Gasteiger partial charge in [-0.2, -0.15) is 11.8 Å². The molecule has 21 heavy (non-hydrogen) atoms. The average molecular weight is 314 g/mol. The monoisotopic (exact) mass is 313 g/mol. The molecule has 0 aromatic heterocycles. The van der Waals surface area contributed by atoms with Crippen molar-refractivity contribution in [2.45, 2.75) is 57.2 Å². The third kappa shape index (κ3) is 4.60. The Morgan fingerprint density at radius 3 is 2.29 bits per heavy atom. The first kappa shape index (κ1) is 17.6. The van der Waals surface area contributed by atoms with Gasteiger partial charge < -0.3 is 10.6 Å². The second kappa shape index (κ2) is 7.20. The van der Waals surface area contributed by atoms with E-state index in [0.717, 1.165) is 12.5 Å². The van der Waals surface area contributed by atoms with Gasteiger partial charge in [0.2, 0.25) is 0 Å². The molecule has 0 unspecified atom stereocenters. The number of nitrogens with zero attached hydrogens (tertiary/aromatic N) is 2. The van der Waals surface area contributed by atoms with E-state index in [4.69, 9.17) is 5.73 Å². The molecule has 124 valence electrons. The maximum Gasteiger partial charge on any atom is 0.0356 e. The van der Waals surface area contributed by atoms with Gasteiger partial charge in [-0.1, -0.05) is 27.7 Å². The van der Waals surface area contributed by atoms with Crippen LogP contribution in [0.3, 0.4) is 0 Å². The Hall–Kier alpha value is 0.230. The van der Waals surface area contributed by atoms with Crippen LogP contribution in [0.2, 0.25) is 0 Å². The van der Waals surface area contributed by atoms with E-state index in [9.17, 15) is 0 Å². The largest absolute Gasteiger partial charge is 0.329 e. The van der Waals surface area contributed by atoms with E-state index < -0.39 is 0 Å². The lowest BCUT2D eigenvalue weighted by Crippen LogP contribution is -2.60. The fraction of sp³-hybridized carbons (Fsp3) is 1.00. The summed E-state index contributed by atoms with van der Waals surface area (Å²) >= 11 is 2.13. The predicted octanol–water partition coefficient (Wildman–Crippen LogP) is 2.65. The molecule has 0 aromatic carbocycles. The van der Waals surface area contributed by atoms with Gasteiger partial charge in [0.1, 0.15) is 0 Å². The molecule has 2 saturated heterocycles. The highest BCUT2D eigenvalue weighted by molar-refractivity contribution is 8.00. The van der Waals surface area contributed by atoms with Crippen LogP contribution in [0.25, 0.3) is 0 Å². The van der Waals surface area contributed by atoms with E-state index >= 15 is 0 Å². The maximum atomic E-state index is 6.27. The van der Waals surface area contributed by atoms with Crippen LogP contribution < -0.4 is 5.73 Å². The second-order valence-corrected chi connectivity index (χ2v) is 9.77. The van der Waals surface area contributed by atoms with Gasteiger partial charge in [-0.15, -0.1) is 0 Å². The lowest BCUT2D eigenvalue weighted by atomic mass is 9.84. The van der Waals surface area contributed by atoms with Gasteiger partial charge in [0.05, 0.1) is 0 Å². The number of nitrogens with two attached hydrogens (primary N) is 1. The van der Waals surface area contributed by atoms with Crippen LogP contribution in [-0.4, -0.2) is 65.1 Å². The van der Waals surface area contributed by atoms with Crippen molar-refractivity contribution in [3.63, 3.8) is 0 Å². The molecule has 2 aliphatic rings. The highest BCUT2D eigenvalue weighted by atomic mass is 32.2. The lowest BCUT2D eigenvalue weighted by molar-refractivity contribution is 0.0271. The van der Waals surface area contributed by atoms with Gasteiger partial charge in [0.15, 0.2) is 0 Å². The normalized spacial score (nSPS) is 27.7. The smallest absolute Gasteiger partial charge is 0.0356 e. The zero-order chi connectivity index (χ0) is 15.5. The topological polar surface area (TPSA) is 32.5 Å². The van der Waals surface area contributed by atoms with Crippen molar-refractivity contribution in [3.8, 4) is 0 Å². The Balaban J connectivity index is 1.96. The molecule has 4 heteroatoms. The first-order chi connectivity index (χ1) is 9.87. The van der Waals surface area contributed by atoms with Crippen LogP contribution in [0.5, 0.6) is 0 Å². The van der Waals surface area contributed by atoms with Crippen molar-refractivity contribution < 1.29 is 0 Å². The number of piperidine rings is 1. The predicted molar refractivity (Wildman–Crippen MR) is 95.0 cm³/mol. The maximum absolute atomic E-state index is 6.27. The molecule has 0 aromatic rings. The van der Waals surface area contributed by atoms with Crippen LogP contribution in [-0.2, 0) is 0 Å². The minimum atomic E-state index is 0.272. The van der Waals surface area contributed by atoms with E-state index in [1.165, 1.54) is 57.7 Å². The quantitative estimate of drug-likeness (QED) is 0.865. The van der Waals surface area contributed by atoms with Crippen molar-refractivity contribution in [1.29, 1.82) is 0 Å². The van der Waals surface area contributed by atoms with Gasteiger partial charge in [0.25, 0.3) is 0 Å². The molecule has 0 spiro atoms. The van der Waals surface area contributed by atoms with Crippen LogP contribution in [0.1, 0.15) is 47.0 Å². The molecule has 2 heterocycles. The van der Waals surface area contributed by atoms with Gasteiger partial charge in [-0.05, 0) is 38.3 Å². The molecule has 2 N–H and O–H groups in total. The molecule has 0 saturated carbocycles. The summed E-state index contributed by atoms with van der Waals surface area (Å²) in [6.45, 7) is 16.4. The molecule has 0 amide bonds. The Labute approximate surface area is 136 Å². The average Bonchev–Trinajstić information content (AvgIpc) is 2.61. The Morgan fingerprint density at radius 1 is 1.05 bits per heavy atom. The minimum Gasteiger partial charge on any atom is -0.329 e. The van der Waals surface area contributed by atoms with E-state index in [1.807, 2.05) is 0 Å². The van der Waals surface area contributed by atoms with Gasteiger partial charge in [-0.25, -0.2) is 0 Å². The molecule has 3 nitrogen and oxygen atoms in total. The number of thioether (sulfide) groups is 1. The zero-order valence-electron chi connectivity index (χ0n) is 14.5.